The summed E-state index contributed by atoms with van der Waals surface area (Å²) >= 11 is 1.76. The van der Waals surface area contributed by atoms with Gasteiger partial charge in [-0.2, -0.15) is 11.8 Å². The number of rotatable bonds is 7. The van der Waals surface area contributed by atoms with Crippen LogP contribution in [0.5, 0.6) is 0 Å². The first-order valence-corrected chi connectivity index (χ1v) is 7.28. The van der Waals surface area contributed by atoms with Gasteiger partial charge in [-0.3, -0.25) is 4.79 Å². The van der Waals surface area contributed by atoms with Crippen molar-refractivity contribution in [1.82, 2.24) is 5.32 Å². The molecule has 1 aromatic carbocycles. The number of primary amides is 1. The molecule has 0 heterocycles. The van der Waals surface area contributed by atoms with Gasteiger partial charge in [0.05, 0.1) is 0 Å². The Morgan fingerprint density at radius 3 is 2.78 bits per heavy atom. The standard InChI is InChI=1S/C13H19FN2OS/c1-3-11(8-18-2)16-7-10-5-4-9(13(15)17)6-12(10)14/h4-6,11,16H,3,7-8H2,1-2H3,(H2,15,17). The first-order chi connectivity index (χ1) is 8.58. The number of thioether (sulfide) groups is 1. The topological polar surface area (TPSA) is 55.1 Å². The molecule has 3 nitrogen and oxygen atoms in total. The number of hydrogen-bond donors (Lipinski definition) is 2. The van der Waals surface area contributed by atoms with E-state index in [9.17, 15) is 9.18 Å². The predicted octanol–water partition coefficient (Wildman–Crippen LogP) is 2.16. The fourth-order valence-electron chi connectivity index (χ4n) is 1.62. The maximum Gasteiger partial charge on any atom is 0.248 e. The van der Waals surface area contributed by atoms with Gasteiger partial charge < -0.3 is 11.1 Å². The minimum Gasteiger partial charge on any atom is -0.366 e. The normalized spacial score (nSPS) is 12.4. The predicted molar refractivity (Wildman–Crippen MR) is 74.2 cm³/mol. The zero-order valence-corrected chi connectivity index (χ0v) is 11.5. The fourth-order valence-corrected chi connectivity index (χ4v) is 2.38. The third-order valence-corrected chi connectivity index (χ3v) is 3.52. The van der Waals surface area contributed by atoms with Crippen LogP contribution in [0.25, 0.3) is 0 Å². The first kappa shape index (κ1) is 15.0. The molecule has 1 rings (SSSR count). The van der Waals surface area contributed by atoms with Crippen LogP contribution in [0.2, 0.25) is 0 Å². The van der Waals surface area contributed by atoms with Gasteiger partial charge in [0, 0.05) is 29.5 Å². The molecule has 18 heavy (non-hydrogen) atoms. The van der Waals surface area contributed by atoms with E-state index in [0.717, 1.165) is 12.2 Å². The van der Waals surface area contributed by atoms with Gasteiger partial charge in [0.2, 0.25) is 5.91 Å². The molecule has 0 bridgehead atoms. The molecular formula is C13H19FN2OS. The van der Waals surface area contributed by atoms with Crippen molar-refractivity contribution in [3.63, 3.8) is 0 Å². The lowest BCUT2D eigenvalue weighted by Crippen LogP contribution is -2.30. The number of amides is 1. The third kappa shape index (κ3) is 4.31. The summed E-state index contributed by atoms with van der Waals surface area (Å²) in [5.41, 5.74) is 5.85. The van der Waals surface area contributed by atoms with E-state index in [2.05, 4.69) is 12.2 Å². The molecule has 1 unspecified atom stereocenters. The maximum atomic E-state index is 13.7. The molecule has 0 spiro atoms. The highest BCUT2D eigenvalue weighted by molar-refractivity contribution is 7.98. The van der Waals surface area contributed by atoms with Crippen molar-refractivity contribution in [2.75, 3.05) is 12.0 Å². The van der Waals surface area contributed by atoms with Crippen LogP contribution in [0, 0.1) is 5.82 Å². The quantitative estimate of drug-likeness (QED) is 0.798. The number of hydrogen-bond acceptors (Lipinski definition) is 3. The van der Waals surface area contributed by atoms with E-state index in [1.807, 2.05) is 6.26 Å². The minimum absolute atomic E-state index is 0.201. The Labute approximate surface area is 111 Å². The van der Waals surface area contributed by atoms with Crippen LogP contribution >= 0.6 is 11.8 Å². The summed E-state index contributed by atoms with van der Waals surface area (Å²) in [6, 6.07) is 4.72. The summed E-state index contributed by atoms with van der Waals surface area (Å²) in [5, 5.41) is 3.30. The molecule has 0 saturated heterocycles. The monoisotopic (exact) mass is 270 g/mol. The average molecular weight is 270 g/mol. The Morgan fingerprint density at radius 2 is 2.28 bits per heavy atom. The van der Waals surface area contributed by atoms with Gasteiger partial charge in [-0.25, -0.2) is 4.39 Å². The lowest BCUT2D eigenvalue weighted by molar-refractivity contribution is 0.1000. The van der Waals surface area contributed by atoms with Crippen molar-refractivity contribution < 1.29 is 9.18 Å². The van der Waals surface area contributed by atoms with E-state index in [-0.39, 0.29) is 5.56 Å². The lowest BCUT2D eigenvalue weighted by Gasteiger charge is -2.16. The Balaban J connectivity index is 2.65. The summed E-state index contributed by atoms with van der Waals surface area (Å²) in [6.07, 6.45) is 3.05. The second kappa shape index (κ2) is 7.38. The largest absolute Gasteiger partial charge is 0.366 e. The molecule has 1 atom stereocenters. The molecule has 1 amide bonds. The van der Waals surface area contributed by atoms with Gasteiger partial charge in [0.15, 0.2) is 0 Å². The average Bonchev–Trinajstić information content (AvgIpc) is 2.35. The summed E-state index contributed by atoms with van der Waals surface area (Å²) in [5.74, 6) is -0.00246. The highest BCUT2D eigenvalue weighted by atomic mass is 32.2. The van der Waals surface area contributed by atoms with E-state index in [4.69, 9.17) is 5.73 Å². The lowest BCUT2D eigenvalue weighted by atomic mass is 10.1. The maximum absolute atomic E-state index is 13.7. The zero-order chi connectivity index (χ0) is 13.5. The van der Waals surface area contributed by atoms with Crippen molar-refractivity contribution >= 4 is 17.7 Å². The number of nitrogens with one attached hydrogen (secondary N) is 1. The molecule has 3 N–H and O–H groups in total. The van der Waals surface area contributed by atoms with Crippen LogP contribution in [0.15, 0.2) is 18.2 Å². The molecule has 0 aromatic heterocycles. The van der Waals surface area contributed by atoms with Gasteiger partial charge in [-0.15, -0.1) is 0 Å². The second-order valence-electron chi connectivity index (χ2n) is 4.11. The van der Waals surface area contributed by atoms with Crippen LogP contribution in [0.3, 0.4) is 0 Å². The van der Waals surface area contributed by atoms with Gasteiger partial charge in [-0.1, -0.05) is 13.0 Å². The molecule has 0 fully saturated rings. The van der Waals surface area contributed by atoms with Gasteiger partial charge in [-0.05, 0) is 24.8 Å². The smallest absolute Gasteiger partial charge is 0.248 e. The van der Waals surface area contributed by atoms with Gasteiger partial charge in [0.25, 0.3) is 0 Å². The van der Waals surface area contributed by atoms with Crippen molar-refractivity contribution in [2.24, 2.45) is 5.73 Å². The van der Waals surface area contributed by atoms with Crippen molar-refractivity contribution in [3.8, 4) is 0 Å². The molecular weight excluding hydrogens is 251 g/mol. The minimum atomic E-state index is -0.609. The van der Waals surface area contributed by atoms with Crippen LogP contribution < -0.4 is 11.1 Å². The van der Waals surface area contributed by atoms with Crippen molar-refractivity contribution in [1.29, 1.82) is 0 Å². The van der Waals surface area contributed by atoms with E-state index in [1.165, 1.54) is 6.07 Å². The fraction of sp³-hybridized carbons (Fsp3) is 0.462. The molecule has 100 valence electrons. The summed E-state index contributed by atoms with van der Waals surface area (Å²) in [4.78, 5) is 10.9. The molecule has 1 aromatic rings. The number of halogens is 1. The Morgan fingerprint density at radius 1 is 1.56 bits per heavy atom. The molecule has 0 aliphatic rings. The Bertz CT molecular complexity index is 412. The zero-order valence-electron chi connectivity index (χ0n) is 10.7. The van der Waals surface area contributed by atoms with Crippen molar-refractivity contribution in [2.45, 2.75) is 25.9 Å². The summed E-state index contributed by atoms with van der Waals surface area (Å²) < 4.78 is 13.7. The number of carbonyl (C=O) groups is 1. The number of nitrogens with two attached hydrogens (primary N) is 1. The van der Waals surface area contributed by atoms with Crippen LogP contribution in [-0.4, -0.2) is 24.0 Å². The van der Waals surface area contributed by atoms with E-state index >= 15 is 0 Å². The first-order valence-electron chi connectivity index (χ1n) is 5.89. The molecule has 0 saturated carbocycles. The number of benzene rings is 1. The molecule has 5 heteroatoms. The van der Waals surface area contributed by atoms with Gasteiger partial charge in [0.1, 0.15) is 5.82 Å². The second-order valence-corrected chi connectivity index (χ2v) is 5.02. The van der Waals surface area contributed by atoms with Crippen LogP contribution in [0.4, 0.5) is 4.39 Å². The summed E-state index contributed by atoms with van der Waals surface area (Å²) in [6.45, 7) is 2.56. The van der Waals surface area contributed by atoms with Gasteiger partial charge >= 0.3 is 0 Å². The van der Waals surface area contributed by atoms with Crippen molar-refractivity contribution in [3.05, 3.63) is 35.1 Å². The SMILES string of the molecule is CCC(CSC)NCc1ccc(C(N)=O)cc1F. The molecule has 0 radical (unpaired) electrons. The van der Waals surface area contributed by atoms with E-state index in [1.54, 1.807) is 23.9 Å². The van der Waals surface area contributed by atoms with E-state index < -0.39 is 11.7 Å². The van der Waals surface area contributed by atoms with E-state index in [0.29, 0.717) is 18.2 Å². The highest BCUT2D eigenvalue weighted by Gasteiger charge is 2.09. The summed E-state index contributed by atoms with van der Waals surface area (Å²) in [7, 11) is 0. The van der Waals surface area contributed by atoms with Crippen LogP contribution in [0.1, 0.15) is 29.3 Å². The highest BCUT2D eigenvalue weighted by Crippen LogP contribution is 2.11. The van der Waals surface area contributed by atoms with Crippen LogP contribution in [-0.2, 0) is 6.54 Å². The molecule has 0 aliphatic heterocycles. The third-order valence-electron chi connectivity index (χ3n) is 2.78. The molecule has 0 aliphatic carbocycles. The number of carbonyl (C=O) groups excluding carboxylic acids is 1. The Hall–Kier alpha value is -1.07. The Kier molecular flexibility index (Phi) is 6.15.